The van der Waals surface area contributed by atoms with Crippen molar-refractivity contribution < 1.29 is 0 Å². The number of nitrogens with zero attached hydrogens (tertiary/aromatic N) is 1. The number of nitrogens with one attached hydrogen (secondary N) is 1. The van der Waals surface area contributed by atoms with Crippen LogP contribution >= 0.6 is 0 Å². The Morgan fingerprint density at radius 2 is 2.24 bits per heavy atom. The van der Waals surface area contributed by atoms with Gasteiger partial charge in [0.1, 0.15) is 0 Å². The Morgan fingerprint density at radius 1 is 1.47 bits per heavy atom. The van der Waals surface area contributed by atoms with Crippen LogP contribution in [-0.2, 0) is 0 Å². The van der Waals surface area contributed by atoms with Crippen LogP contribution in [0.4, 0.5) is 0 Å². The first kappa shape index (κ1) is 12.9. The van der Waals surface area contributed by atoms with Gasteiger partial charge in [0, 0.05) is 19.6 Å². The molecule has 2 heteroatoms. The van der Waals surface area contributed by atoms with Crippen LogP contribution in [0.15, 0.2) is 0 Å². The molecule has 0 radical (unpaired) electrons. The minimum atomic E-state index is 0.450. The molecule has 96 valence electrons. The van der Waals surface area contributed by atoms with Crippen LogP contribution in [-0.4, -0.2) is 37.6 Å². The third kappa shape index (κ3) is 3.24. The summed E-state index contributed by atoms with van der Waals surface area (Å²) < 4.78 is 0. The summed E-state index contributed by atoms with van der Waals surface area (Å²) in [5.41, 5.74) is 0.450. The maximum atomic E-state index is 5.51. The van der Waals surface area contributed by atoms with Crippen molar-refractivity contribution in [3.05, 3.63) is 0 Å². The molecule has 1 aliphatic heterocycles. The van der Waals surface area contributed by atoms with Gasteiger partial charge in [-0.05, 0) is 43.1 Å². The summed E-state index contributed by atoms with van der Waals surface area (Å²) >= 11 is 0. The van der Waals surface area contributed by atoms with E-state index in [0.717, 1.165) is 24.9 Å². The average Bonchev–Trinajstić information content (AvgIpc) is 2.95. The second-order valence-corrected chi connectivity index (χ2v) is 6.26. The minimum absolute atomic E-state index is 0.450. The summed E-state index contributed by atoms with van der Waals surface area (Å²) in [6.07, 6.45) is 9.64. The lowest BCUT2D eigenvalue weighted by molar-refractivity contribution is 0.124. The molecular weight excluding hydrogens is 208 g/mol. The summed E-state index contributed by atoms with van der Waals surface area (Å²) in [7, 11) is 0. The Balaban J connectivity index is 1.95. The first-order chi connectivity index (χ1) is 8.16. The molecule has 0 bridgehead atoms. The summed E-state index contributed by atoms with van der Waals surface area (Å²) in [6, 6.07) is 0. The molecule has 2 nitrogen and oxygen atoms in total. The third-order valence-corrected chi connectivity index (χ3v) is 4.57. The van der Waals surface area contributed by atoms with Gasteiger partial charge in [0.2, 0.25) is 0 Å². The molecule has 1 heterocycles. The summed E-state index contributed by atoms with van der Waals surface area (Å²) in [4.78, 5) is 2.52. The molecule has 1 atom stereocenters. The fourth-order valence-corrected chi connectivity index (χ4v) is 3.00. The molecular formula is C15H26N2. The van der Waals surface area contributed by atoms with E-state index >= 15 is 0 Å². The van der Waals surface area contributed by atoms with E-state index in [9.17, 15) is 0 Å². The van der Waals surface area contributed by atoms with Crippen LogP contribution in [0, 0.1) is 29.6 Å². The zero-order valence-electron chi connectivity index (χ0n) is 11.3. The minimum Gasteiger partial charge on any atom is -0.316 e. The fraction of sp³-hybridized carbons (Fsp3) is 0.867. The van der Waals surface area contributed by atoms with Crippen LogP contribution in [0.25, 0.3) is 0 Å². The van der Waals surface area contributed by atoms with Gasteiger partial charge in [-0.1, -0.05) is 19.8 Å². The van der Waals surface area contributed by atoms with Crippen molar-refractivity contribution in [1.29, 1.82) is 0 Å². The molecule has 0 aromatic carbocycles. The van der Waals surface area contributed by atoms with Crippen molar-refractivity contribution in [2.45, 2.75) is 33.1 Å². The Hall–Kier alpha value is -0.520. The van der Waals surface area contributed by atoms with E-state index in [-0.39, 0.29) is 0 Å². The Morgan fingerprint density at radius 3 is 2.71 bits per heavy atom. The smallest absolute Gasteiger partial charge is 0.0599 e. The predicted molar refractivity (Wildman–Crippen MR) is 72.8 cm³/mol. The van der Waals surface area contributed by atoms with Crippen LogP contribution < -0.4 is 5.32 Å². The maximum absolute atomic E-state index is 5.51. The largest absolute Gasteiger partial charge is 0.316 e. The van der Waals surface area contributed by atoms with Crippen LogP contribution in [0.2, 0.25) is 0 Å². The normalized spacial score (nSPS) is 28.9. The zero-order chi connectivity index (χ0) is 12.3. The number of terminal acetylenes is 1. The van der Waals surface area contributed by atoms with Gasteiger partial charge in [0.05, 0.1) is 6.54 Å². The van der Waals surface area contributed by atoms with E-state index in [1.165, 1.54) is 38.9 Å². The highest BCUT2D eigenvalue weighted by Gasteiger charge is 2.39. The molecule has 0 amide bonds. The summed E-state index contributed by atoms with van der Waals surface area (Å²) in [6.45, 7) is 10.3. The molecule has 1 saturated carbocycles. The lowest BCUT2D eigenvalue weighted by Crippen LogP contribution is -2.43. The zero-order valence-corrected chi connectivity index (χ0v) is 11.3. The van der Waals surface area contributed by atoms with Crippen molar-refractivity contribution in [1.82, 2.24) is 10.2 Å². The summed E-state index contributed by atoms with van der Waals surface area (Å²) in [5, 5.41) is 3.53. The Labute approximate surface area is 106 Å². The fourth-order valence-electron chi connectivity index (χ4n) is 3.00. The number of hydrogen-bond acceptors (Lipinski definition) is 2. The van der Waals surface area contributed by atoms with Gasteiger partial charge in [-0.2, -0.15) is 0 Å². The lowest BCUT2D eigenvalue weighted by atomic mass is 9.76. The standard InChI is InChI=1S/C15H26N2/c1-4-9-17(10-14-5-6-14)12-15(13(2)3)7-8-16-11-15/h1,13-14,16H,5-12H2,2-3H3. The van der Waals surface area contributed by atoms with Crippen LogP contribution in [0.3, 0.4) is 0 Å². The van der Waals surface area contributed by atoms with Gasteiger partial charge in [-0.3, -0.25) is 4.90 Å². The van der Waals surface area contributed by atoms with E-state index in [2.05, 4.69) is 30.0 Å². The highest BCUT2D eigenvalue weighted by atomic mass is 15.1. The monoisotopic (exact) mass is 234 g/mol. The predicted octanol–water partition coefficient (Wildman–Crippen LogP) is 1.97. The van der Waals surface area contributed by atoms with Gasteiger partial charge in [-0.25, -0.2) is 0 Å². The molecule has 2 aliphatic rings. The first-order valence-corrected chi connectivity index (χ1v) is 7.03. The molecule has 0 spiro atoms. The third-order valence-electron chi connectivity index (χ3n) is 4.57. The van der Waals surface area contributed by atoms with Gasteiger partial charge in [-0.15, -0.1) is 6.42 Å². The van der Waals surface area contributed by atoms with Crippen LogP contribution in [0.5, 0.6) is 0 Å². The van der Waals surface area contributed by atoms with Gasteiger partial charge in [0.25, 0.3) is 0 Å². The molecule has 1 aliphatic carbocycles. The first-order valence-electron chi connectivity index (χ1n) is 7.03. The maximum Gasteiger partial charge on any atom is 0.0599 e. The van der Waals surface area contributed by atoms with E-state index in [1.807, 2.05) is 0 Å². The summed E-state index contributed by atoms with van der Waals surface area (Å²) in [5.74, 6) is 4.50. The highest BCUT2D eigenvalue weighted by Crippen LogP contribution is 2.36. The van der Waals surface area contributed by atoms with Crippen molar-refractivity contribution in [3.63, 3.8) is 0 Å². The quantitative estimate of drug-likeness (QED) is 0.707. The van der Waals surface area contributed by atoms with Crippen molar-refractivity contribution in [3.8, 4) is 12.3 Å². The second kappa shape index (κ2) is 5.42. The van der Waals surface area contributed by atoms with E-state index in [0.29, 0.717) is 5.41 Å². The highest BCUT2D eigenvalue weighted by molar-refractivity contribution is 4.97. The second-order valence-electron chi connectivity index (χ2n) is 6.26. The molecule has 17 heavy (non-hydrogen) atoms. The average molecular weight is 234 g/mol. The molecule has 0 aromatic rings. The Bertz CT molecular complexity index is 280. The van der Waals surface area contributed by atoms with Crippen LogP contribution in [0.1, 0.15) is 33.1 Å². The van der Waals surface area contributed by atoms with Gasteiger partial charge >= 0.3 is 0 Å². The molecule has 0 aromatic heterocycles. The molecule has 2 fully saturated rings. The number of rotatable bonds is 6. The molecule has 1 saturated heterocycles. The van der Waals surface area contributed by atoms with Crippen molar-refractivity contribution in [2.75, 3.05) is 32.7 Å². The van der Waals surface area contributed by atoms with E-state index in [1.54, 1.807) is 0 Å². The van der Waals surface area contributed by atoms with Gasteiger partial charge in [0.15, 0.2) is 0 Å². The molecule has 1 N–H and O–H groups in total. The van der Waals surface area contributed by atoms with E-state index < -0.39 is 0 Å². The lowest BCUT2D eigenvalue weighted by Gasteiger charge is -2.37. The topological polar surface area (TPSA) is 15.3 Å². The Kier molecular flexibility index (Phi) is 4.12. The van der Waals surface area contributed by atoms with Gasteiger partial charge < -0.3 is 5.32 Å². The molecule has 1 unspecified atom stereocenters. The van der Waals surface area contributed by atoms with Crippen molar-refractivity contribution in [2.24, 2.45) is 17.3 Å². The SMILES string of the molecule is C#CCN(CC1CC1)CC1(C(C)C)CCNC1. The van der Waals surface area contributed by atoms with Crippen molar-refractivity contribution >= 4 is 0 Å². The molecule has 2 rings (SSSR count). The van der Waals surface area contributed by atoms with E-state index in [4.69, 9.17) is 6.42 Å². The number of hydrogen-bond donors (Lipinski definition) is 1.